The molecule has 0 aromatic heterocycles. The molecule has 0 aliphatic rings. The molecular formula is C11H14F4N2O. The maximum atomic E-state index is 13.7. The van der Waals surface area contributed by atoms with Crippen LogP contribution in [0.25, 0.3) is 0 Å². The average Bonchev–Trinajstić information content (AvgIpc) is 2.29. The number of halogens is 4. The molecule has 1 atom stereocenters. The van der Waals surface area contributed by atoms with Crippen molar-refractivity contribution in [2.45, 2.75) is 25.1 Å². The number of hydrogen-bond acceptors (Lipinski definition) is 3. The fourth-order valence-electron chi connectivity index (χ4n) is 1.61. The Hall–Kier alpha value is -1.34. The summed E-state index contributed by atoms with van der Waals surface area (Å²) < 4.78 is 55.2. The number of ether oxygens (including phenoxy) is 1. The minimum absolute atomic E-state index is 0.00437. The third-order valence-corrected chi connectivity index (χ3v) is 2.44. The van der Waals surface area contributed by atoms with Crippen LogP contribution in [0.5, 0.6) is 5.75 Å². The number of hydrazine groups is 1. The molecule has 0 saturated heterocycles. The number of methoxy groups -OCH3 is 1. The lowest BCUT2D eigenvalue weighted by Crippen LogP contribution is -2.40. The third kappa shape index (κ3) is 4.15. The summed E-state index contributed by atoms with van der Waals surface area (Å²) in [5.41, 5.74) is 2.17. The number of nitrogens with one attached hydrogen (secondary N) is 1. The molecule has 0 radical (unpaired) electrons. The summed E-state index contributed by atoms with van der Waals surface area (Å²) in [6.07, 6.45) is -5.65. The highest BCUT2D eigenvalue weighted by Gasteiger charge is 2.32. The quantitative estimate of drug-likeness (QED) is 0.488. The molecular weight excluding hydrogens is 252 g/mol. The largest absolute Gasteiger partial charge is 0.494 e. The zero-order valence-electron chi connectivity index (χ0n) is 9.72. The summed E-state index contributed by atoms with van der Waals surface area (Å²) in [5.74, 6) is 4.38. The van der Waals surface area contributed by atoms with Crippen LogP contribution in [0.4, 0.5) is 17.6 Å². The summed E-state index contributed by atoms with van der Waals surface area (Å²) in [7, 11) is 1.29. The van der Waals surface area contributed by atoms with Crippen LogP contribution in [0.15, 0.2) is 18.2 Å². The van der Waals surface area contributed by atoms with E-state index >= 15 is 0 Å². The Morgan fingerprint density at radius 1 is 1.39 bits per heavy atom. The van der Waals surface area contributed by atoms with Gasteiger partial charge in [0, 0.05) is 6.04 Å². The van der Waals surface area contributed by atoms with Gasteiger partial charge in [-0.3, -0.25) is 11.3 Å². The van der Waals surface area contributed by atoms with E-state index in [0.29, 0.717) is 0 Å². The third-order valence-electron chi connectivity index (χ3n) is 2.44. The zero-order chi connectivity index (χ0) is 13.8. The molecule has 0 saturated carbocycles. The molecule has 0 spiro atoms. The molecule has 0 aliphatic heterocycles. The molecule has 7 heteroatoms. The molecule has 102 valence electrons. The minimum Gasteiger partial charge on any atom is -0.494 e. The SMILES string of the molecule is COc1cccc(CC(CC(F)(F)F)NN)c1F. The van der Waals surface area contributed by atoms with Crippen molar-refractivity contribution >= 4 is 0 Å². The lowest BCUT2D eigenvalue weighted by molar-refractivity contribution is -0.140. The molecule has 1 unspecified atom stereocenters. The highest BCUT2D eigenvalue weighted by atomic mass is 19.4. The van der Waals surface area contributed by atoms with Crippen LogP contribution >= 0.6 is 0 Å². The predicted molar refractivity (Wildman–Crippen MR) is 58.4 cm³/mol. The molecule has 18 heavy (non-hydrogen) atoms. The number of hydrogen-bond donors (Lipinski definition) is 2. The van der Waals surface area contributed by atoms with Gasteiger partial charge in [-0.15, -0.1) is 0 Å². The average molecular weight is 266 g/mol. The maximum absolute atomic E-state index is 13.7. The van der Waals surface area contributed by atoms with E-state index in [1.54, 1.807) is 0 Å². The summed E-state index contributed by atoms with van der Waals surface area (Å²) in [6.45, 7) is 0. The molecule has 0 fully saturated rings. The van der Waals surface area contributed by atoms with Crippen LogP contribution in [0.3, 0.4) is 0 Å². The molecule has 0 heterocycles. The molecule has 0 amide bonds. The van der Waals surface area contributed by atoms with Gasteiger partial charge in [0.1, 0.15) is 0 Å². The number of nitrogens with two attached hydrogens (primary N) is 1. The summed E-state index contributed by atoms with van der Waals surface area (Å²) in [4.78, 5) is 0. The molecule has 1 aromatic carbocycles. The van der Waals surface area contributed by atoms with Gasteiger partial charge in [-0.2, -0.15) is 13.2 Å². The van der Waals surface area contributed by atoms with Crippen molar-refractivity contribution in [2.24, 2.45) is 5.84 Å². The van der Waals surface area contributed by atoms with Crippen LogP contribution in [-0.2, 0) is 6.42 Å². The predicted octanol–water partition coefficient (Wildman–Crippen LogP) is 2.16. The van der Waals surface area contributed by atoms with E-state index in [1.165, 1.54) is 25.3 Å². The fraction of sp³-hybridized carbons (Fsp3) is 0.455. The highest BCUT2D eigenvalue weighted by molar-refractivity contribution is 5.31. The van der Waals surface area contributed by atoms with Crippen molar-refractivity contribution in [3.8, 4) is 5.75 Å². The van der Waals surface area contributed by atoms with E-state index in [1.807, 2.05) is 5.43 Å². The lowest BCUT2D eigenvalue weighted by atomic mass is 10.0. The zero-order valence-corrected chi connectivity index (χ0v) is 9.72. The lowest BCUT2D eigenvalue weighted by Gasteiger charge is -2.18. The molecule has 3 N–H and O–H groups in total. The summed E-state index contributed by atoms with van der Waals surface area (Å²) in [5, 5.41) is 0. The van der Waals surface area contributed by atoms with E-state index in [0.717, 1.165) is 0 Å². The Bertz CT molecular complexity index is 395. The first-order valence-electron chi connectivity index (χ1n) is 5.21. The molecule has 3 nitrogen and oxygen atoms in total. The van der Waals surface area contributed by atoms with Gasteiger partial charge in [0.2, 0.25) is 0 Å². The van der Waals surface area contributed by atoms with Crippen LogP contribution in [0.2, 0.25) is 0 Å². The van der Waals surface area contributed by atoms with Gasteiger partial charge >= 0.3 is 6.18 Å². The van der Waals surface area contributed by atoms with E-state index < -0.39 is 24.5 Å². The van der Waals surface area contributed by atoms with Crippen molar-refractivity contribution in [3.63, 3.8) is 0 Å². The normalized spacial score (nSPS) is 13.4. The van der Waals surface area contributed by atoms with Gasteiger partial charge in [0.05, 0.1) is 13.5 Å². The molecule has 0 bridgehead atoms. The Kier molecular flexibility index (Phi) is 4.92. The van der Waals surface area contributed by atoms with Crippen LogP contribution in [0.1, 0.15) is 12.0 Å². The monoisotopic (exact) mass is 266 g/mol. The number of benzene rings is 1. The van der Waals surface area contributed by atoms with Crippen molar-refractivity contribution in [2.75, 3.05) is 7.11 Å². The number of rotatable bonds is 5. The Morgan fingerprint density at radius 2 is 2.06 bits per heavy atom. The minimum atomic E-state index is -4.35. The highest BCUT2D eigenvalue weighted by Crippen LogP contribution is 2.25. The standard InChI is InChI=1S/C11H14F4N2O/c1-18-9-4-2-3-7(10(9)12)5-8(17-16)6-11(13,14)15/h2-4,8,17H,5-6,16H2,1H3. The summed E-state index contributed by atoms with van der Waals surface area (Å²) >= 11 is 0. The Labute approximate surface area is 102 Å². The topological polar surface area (TPSA) is 47.3 Å². The van der Waals surface area contributed by atoms with Gasteiger partial charge in [0.15, 0.2) is 11.6 Å². The first kappa shape index (κ1) is 14.7. The van der Waals surface area contributed by atoms with Crippen molar-refractivity contribution in [3.05, 3.63) is 29.6 Å². The van der Waals surface area contributed by atoms with Gasteiger partial charge in [-0.05, 0) is 18.1 Å². The smallest absolute Gasteiger partial charge is 0.390 e. The van der Waals surface area contributed by atoms with Crippen LogP contribution in [0, 0.1) is 5.82 Å². The second-order valence-corrected chi connectivity index (χ2v) is 3.82. The van der Waals surface area contributed by atoms with Gasteiger partial charge < -0.3 is 4.74 Å². The van der Waals surface area contributed by atoms with E-state index in [9.17, 15) is 17.6 Å². The Balaban J connectivity index is 2.82. The van der Waals surface area contributed by atoms with E-state index in [2.05, 4.69) is 0 Å². The molecule has 1 rings (SSSR count). The maximum Gasteiger partial charge on any atom is 0.390 e. The van der Waals surface area contributed by atoms with Crippen molar-refractivity contribution in [1.82, 2.24) is 5.43 Å². The van der Waals surface area contributed by atoms with E-state index in [-0.39, 0.29) is 17.7 Å². The second-order valence-electron chi connectivity index (χ2n) is 3.82. The second kappa shape index (κ2) is 6.01. The summed E-state index contributed by atoms with van der Waals surface area (Å²) in [6, 6.07) is 3.23. The van der Waals surface area contributed by atoms with Crippen molar-refractivity contribution < 1.29 is 22.3 Å². The molecule has 0 aliphatic carbocycles. The first-order chi connectivity index (χ1) is 8.37. The fourth-order valence-corrected chi connectivity index (χ4v) is 1.61. The first-order valence-corrected chi connectivity index (χ1v) is 5.21. The number of alkyl halides is 3. The van der Waals surface area contributed by atoms with Crippen LogP contribution in [-0.4, -0.2) is 19.3 Å². The molecule has 1 aromatic rings. The van der Waals surface area contributed by atoms with Gasteiger partial charge in [-0.25, -0.2) is 4.39 Å². The Morgan fingerprint density at radius 3 is 2.56 bits per heavy atom. The van der Waals surface area contributed by atoms with Gasteiger partial charge in [-0.1, -0.05) is 12.1 Å². The van der Waals surface area contributed by atoms with Gasteiger partial charge in [0.25, 0.3) is 0 Å². The van der Waals surface area contributed by atoms with Crippen LogP contribution < -0.4 is 16.0 Å². The van der Waals surface area contributed by atoms with Crippen molar-refractivity contribution in [1.29, 1.82) is 0 Å². The van der Waals surface area contributed by atoms with E-state index in [4.69, 9.17) is 10.6 Å².